The number of piperidine rings is 1. The molecule has 0 unspecified atom stereocenters. The molecule has 4 aromatic rings. The van der Waals surface area contributed by atoms with E-state index in [1.165, 1.54) is 12.3 Å². The molecule has 0 aliphatic carbocycles. The number of fused-ring (bicyclic) bond motifs is 1. The highest BCUT2D eigenvalue weighted by Gasteiger charge is 2.32. The molecule has 1 atom stereocenters. The van der Waals surface area contributed by atoms with Crippen LogP contribution < -0.4 is 21.6 Å². The number of aromatic nitrogens is 2. The molecule has 2 aliphatic heterocycles. The minimum atomic E-state index is -0.620. The summed E-state index contributed by atoms with van der Waals surface area (Å²) in [6.45, 7) is 8.84. The Balaban J connectivity index is 1.34. The number of pyridine rings is 2. The van der Waals surface area contributed by atoms with Crippen LogP contribution in [0.5, 0.6) is 0 Å². The highest BCUT2D eigenvalue weighted by molar-refractivity contribution is 6.36. The van der Waals surface area contributed by atoms with Gasteiger partial charge in [-0.25, -0.2) is 4.39 Å². The van der Waals surface area contributed by atoms with Crippen LogP contribution in [0.25, 0.3) is 10.9 Å². The third-order valence-corrected chi connectivity index (χ3v) is 8.89. The molecule has 0 saturated carbocycles. The van der Waals surface area contributed by atoms with E-state index >= 15 is 0 Å². The van der Waals surface area contributed by atoms with Gasteiger partial charge in [0.2, 0.25) is 0 Å². The molecule has 0 radical (unpaired) electrons. The largest absolute Gasteiger partial charge is 0.373 e. The Morgan fingerprint density at radius 3 is 2.60 bits per heavy atom. The van der Waals surface area contributed by atoms with Crippen molar-refractivity contribution in [3.05, 3.63) is 99.9 Å². The van der Waals surface area contributed by atoms with E-state index in [1.54, 1.807) is 24.4 Å². The third kappa shape index (κ3) is 6.49. The summed E-state index contributed by atoms with van der Waals surface area (Å²) in [6, 6.07) is 14.4. The summed E-state index contributed by atoms with van der Waals surface area (Å²) in [6.07, 6.45) is 9.16. The predicted octanol–water partition coefficient (Wildman–Crippen LogP) is 7.27. The van der Waals surface area contributed by atoms with E-state index in [4.69, 9.17) is 23.2 Å². The Hall–Kier alpha value is -4.14. The average Bonchev–Trinajstić information content (AvgIpc) is 3.52. The van der Waals surface area contributed by atoms with Gasteiger partial charge in [0, 0.05) is 60.5 Å². The van der Waals surface area contributed by atoms with Gasteiger partial charge in [0.15, 0.2) is 5.82 Å². The van der Waals surface area contributed by atoms with Crippen molar-refractivity contribution in [2.45, 2.75) is 51.2 Å². The van der Waals surface area contributed by atoms with E-state index < -0.39 is 5.82 Å². The zero-order chi connectivity index (χ0) is 31.7. The van der Waals surface area contributed by atoms with Crippen LogP contribution >= 0.6 is 23.2 Å². The predicted molar refractivity (Wildman–Crippen MR) is 177 cm³/mol. The van der Waals surface area contributed by atoms with Crippen LogP contribution in [0.3, 0.4) is 0 Å². The molecule has 1 fully saturated rings. The lowest BCUT2D eigenvalue weighted by Crippen LogP contribution is -2.52. The normalized spacial score (nSPS) is 16.6. The van der Waals surface area contributed by atoms with Crippen molar-refractivity contribution in [3.8, 4) is 6.07 Å². The minimum absolute atomic E-state index is 0.0312. The number of halogens is 3. The smallest absolute Gasteiger partial charge is 0.165 e. The van der Waals surface area contributed by atoms with E-state index in [1.807, 2.05) is 24.4 Å². The molecule has 2 aliphatic rings. The molecule has 2 aromatic heterocycles. The molecule has 0 spiro atoms. The number of hydrogen-bond donors (Lipinski definition) is 4. The zero-order valence-corrected chi connectivity index (χ0v) is 26.7. The second kappa shape index (κ2) is 12.7. The first-order chi connectivity index (χ1) is 21.6. The second-order valence-corrected chi connectivity index (χ2v) is 13.0. The Labute approximate surface area is 272 Å². The maximum absolute atomic E-state index is 14.9. The van der Waals surface area contributed by atoms with Gasteiger partial charge in [-0.3, -0.25) is 19.9 Å². The molecule has 2 aromatic carbocycles. The van der Waals surface area contributed by atoms with Crippen LogP contribution in [0, 0.1) is 17.1 Å². The van der Waals surface area contributed by atoms with Gasteiger partial charge in [0.25, 0.3) is 0 Å². The number of nitrogens with zero attached hydrogens (tertiary/aromatic N) is 5. The first kappa shape index (κ1) is 30.9. The number of hydrazine groups is 2. The summed E-state index contributed by atoms with van der Waals surface area (Å²) < 4.78 is 14.9. The lowest BCUT2D eigenvalue weighted by Gasteiger charge is -2.42. The number of nitriles is 1. The zero-order valence-electron chi connectivity index (χ0n) is 25.2. The summed E-state index contributed by atoms with van der Waals surface area (Å²) in [5.41, 5.74) is 10.6. The van der Waals surface area contributed by atoms with Crippen molar-refractivity contribution in [2.75, 3.05) is 23.7 Å². The standard InChI is InChI=1S/C33H34Cl2FN9/c1-33(2,3)44-12-9-23(10-13-44)45-19-28(42-43-45)31(20-6-5-11-38-17-20)40-22-14-24-30(41-27-8-4-7-25(34)29(27)36)21(16-37)18-39-32(24)26(35)15-22/h4-8,11,14-15,17-19,23,31,40,42-43H,9-10,12-13H2,1-3H3,(H,39,41)/t31-/m0/s1. The van der Waals surface area contributed by atoms with E-state index in [-0.39, 0.29) is 27.9 Å². The van der Waals surface area contributed by atoms with E-state index in [9.17, 15) is 9.65 Å². The molecular formula is C33H34Cl2FN9. The van der Waals surface area contributed by atoms with Crippen molar-refractivity contribution in [1.29, 1.82) is 5.26 Å². The Bertz CT molecular complexity index is 1780. The molecule has 9 nitrogen and oxygen atoms in total. The molecule has 0 amide bonds. The third-order valence-electron chi connectivity index (χ3n) is 8.31. The van der Waals surface area contributed by atoms with Gasteiger partial charge >= 0.3 is 0 Å². The fourth-order valence-corrected chi connectivity index (χ4v) is 6.30. The molecule has 0 bridgehead atoms. The number of anilines is 3. The topological polar surface area (TPSA) is 104 Å². The van der Waals surface area contributed by atoms with Crippen molar-refractivity contribution < 1.29 is 4.39 Å². The van der Waals surface area contributed by atoms with E-state index in [0.717, 1.165) is 37.2 Å². The van der Waals surface area contributed by atoms with Crippen LogP contribution in [0.2, 0.25) is 10.0 Å². The van der Waals surface area contributed by atoms with E-state index in [2.05, 4.69) is 74.5 Å². The average molecular weight is 647 g/mol. The first-order valence-electron chi connectivity index (χ1n) is 14.8. The van der Waals surface area contributed by atoms with Crippen LogP contribution in [0.1, 0.15) is 50.8 Å². The molecule has 4 heterocycles. The molecule has 4 N–H and O–H groups in total. The lowest BCUT2D eigenvalue weighted by atomic mass is 9.98. The maximum Gasteiger partial charge on any atom is 0.165 e. The number of rotatable bonds is 7. The molecular weight excluding hydrogens is 612 g/mol. The number of hydrogen-bond acceptors (Lipinski definition) is 9. The van der Waals surface area contributed by atoms with Crippen molar-refractivity contribution in [3.63, 3.8) is 0 Å². The van der Waals surface area contributed by atoms with Crippen molar-refractivity contribution >= 4 is 51.2 Å². The monoisotopic (exact) mass is 645 g/mol. The Kier molecular flexibility index (Phi) is 8.71. The van der Waals surface area contributed by atoms with Gasteiger partial charge < -0.3 is 16.1 Å². The van der Waals surface area contributed by atoms with Crippen molar-refractivity contribution in [2.24, 2.45) is 0 Å². The maximum atomic E-state index is 14.9. The molecule has 45 heavy (non-hydrogen) atoms. The minimum Gasteiger partial charge on any atom is -0.373 e. The van der Waals surface area contributed by atoms with Crippen LogP contribution in [-0.4, -0.2) is 44.5 Å². The number of likely N-dealkylation sites (tertiary alicyclic amines) is 1. The summed E-state index contributed by atoms with van der Waals surface area (Å²) in [7, 11) is 0. The Morgan fingerprint density at radius 2 is 1.89 bits per heavy atom. The lowest BCUT2D eigenvalue weighted by molar-refractivity contribution is 0.0570. The molecule has 6 rings (SSSR count). The number of nitrogens with one attached hydrogen (secondary N) is 4. The fraction of sp³-hybridized carbons (Fsp3) is 0.303. The van der Waals surface area contributed by atoms with Gasteiger partial charge in [0.1, 0.15) is 6.07 Å². The van der Waals surface area contributed by atoms with Gasteiger partial charge in [-0.1, -0.05) is 35.3 Å². The molecule has 1 saturated heterocycles. The Morgan fingerprint density at radius 1 is 1.09 bits per heavy atom. The van der Waals surface area contributed by atoms with Crippen LogP contribution in [0.15, 0.2) is 73.0 Å². The summed E-state index contributed by atoms with van der Waals surface area (Å²) in [4.78, 5) is 11.3. The van der Waals surface area contributed by atoms with Gasteiger partial charge in [-0.2, -0.15) is 5.26 Å². The van der Waals surface area contributed by atoms with Crippen LogP contribution in [-0.2, 0) is 0 Å². The number of benzene rings is 2. The van der Waals surface area contributed by atoms with Gasteiger partial charge in [0.05, 0.1) is 44.2 Å². The summed E-state index contributed by atoms with van der Waals surface area (Å²) in [5.74, 6) is -0.620. The highest BCUT2D eigenvalue weighted by atomic mass is 35.5. The highest BCUT2D eigenvalue weighted by Crippen LogP contribution is 2.38. The second-order valence-electron chi connectivity index (χ2n) is 12.2. The van der Waals surface area contributed by atoms with Gasteiger partial charge in [-0.05, 0) is 69.5 Å². The molecule has 12 heteroatoms. The summed E-state index contributed by atoms with van der Waals surface area (Å²) in [5, 5.41) is 19.6. The van der Waals surface area contributed by atoms with E-state index in [0.29, 0.717) is 33.3 Å². The van der Waals surface area contributed by atoms with Crippen LogP contribution in [0.4, 0.5) is 21.5 Å². The molecule has 232 valence electrons. The first-order valence-corrected chi connectivity index (χ1v) is 15.5. The van der Waals surface area contributed by atoms with Gasteiger partial charge in [-0.15, -0.1) is 5.53 Å². The summed E-state index contributed by atoms with van der Waals surface area (Å²) >= 11 is 12.8. The SMILES string of the molecule is CC(C)(C)N1CCC(N2C=C([C@@H](Nc3cc(Cl)c4ncc(C#N)c(Nc5cccc(Cl)c5F)c4c3)c3cccnc3)NN2)CC1. The fourth-order valence-electron chi connectivity index (χ4n) is 5.85. The quantitative estimate of drug-likeness (QED) is 0.165. The van der Waals surface area contributed by atoms with Crippen molar-refractivity contribution in [1.82, 2.24) is 30.8 Å².